The van der Waals surface area contributed by atoms with Crippen molar-refractivity contribution in [1.29, 1.82) is 0 Å². The molecule has 5 heteroatoms. The van der Waals surface area contributed by atoms with Crippen LogP contribution >= 0.6 is 11.3 Å². The maximum absolute atomic E-state index is 12.3. The second-order valence-corrected chi connectivity index (χ2v) is 6.33. The van der Waals surface area contributed by atoms with Gasteiger partial charge >= 0.3 is 6.61 Å². The van der Waals surface area contributed by atoms with Crippen LogP contribution < -0.4 is 10.1 Å². The highest BCUT2D eigenvalue weighted by molar-refractivity contribution is 7.12. The summed E-state index contributed by atoms with van der Waals surface area (Å²) in [6.07, 6.45) is 0. The van der Waals surface area contributed by atoms with Crippen LogP contribution in [0, 0.1) is 6.92 Å². The van der Waals surface area contributed by atoms with E-state index in [2.05, 4.69) is 36.0 Å². The lowest BCUT2D eigenvalue weighted by molar-refractivity contribution is -0.0499. The zero-order chi connectivity index (χ0) is 15.4. The predicted octanol–water partition coefficient (Wildman–Crippen LogP) is 5.07. The Morgan fingerprint density at radius 2 is 1.86 bits per heavy atom. The molecule has 1 heterocycles. The lowest BCUT2D eigenvalue weighted by atomic mass is 10.1. The fourth-order valence-electron chi connectivity index (χ4n) is 2.20. The second-order valence-electron chi connectivity index (χ2n) is 5.01. The van der Waals surface area contributed by atoms with Crippen molar-refractivity contribution in [3.8, 4) is 5.75 Å². The number of nitrogens with one attached hydrogen (secondary N) is 1. The van der Waals surface area contributed by atoms with Crippen LogP contribution in [-0.2, 0) is 0 Å². The number of aryl methyl sites for hydroxylation is 1. The summed E-state index contributed by atoms with van der Waals surface area (Å²) in [7, 11) is 0. The molecule has 0 bridgehead atoms. The highest BCUT2D eigenvalue weighted by Crippen LogP contribution is 2.26. The van der Waals surface area contributed by atoms with Gasteiger partial charge in [0.1, 0.15) is 5.75 Å². The van der Waals surface area contributed by atoms with Crippen LogP contribution in [0.3, 0.4) is 0 Å². The van der Waals surface area contributed by atoms with Crippen molar-refractivity contribution in [3.63, 3.8) is 0 Å². The maximum atomic E-state index is 12.3. The average Bonchev–Trinajstić information content (AvgIpc) is 2.85. The number of thiophene rings is 1. The smallest absolute Gasteiger partial charge is 0.387 e. The van der Waals surface area contributed by atoms with Gasteiger partial charge in [0.25, 0.3) is 0 Å². The summed E-state index contributed by atoms with van der Waals surface area (Å²) in [5.41, 5.74) is 0.924. The van der Waals surface area contributed by atoms with Crippen molar-refractivity contribution in [2.75, 3.05) is 0 Å². The third-order valence-electron chi connectivity index (χ3n) is 3.27. The summed E-state index contributed by atoms with van der Waals surface area (Å²) >= 11 is 1.76. The van der Waals surface area contributed by atoms with Crippen LogP contribution in [-0.4, -0.2) is 6.61 Å². The minimum absolute atomic E-state index is 0.0450. The third-order valence-corrected chi connectivity index (χ3v) is 4.45. The highest BCUT2D eigenvalue weighted by Gasteiger charge is 2.13. The lowest BCUT2D eigenvalue weighted by Crippen LogP contribution is -2.21. The monoisotopic (exact) mass is 311 g/mol. The molecule has 0 aliphatic carbocycles. The first-order valence-corrected chi connectivity index (χ1v) is 7.64. The van der Waals surface area contributed by atoms with Crippen LogP contribution in [0.25, 0.3) is 0 Å². The van der Waals surface area contributed by atoms with E-state index < -0.39 is 6.61 Å². The normalized spacial score (nSPS) is 14.2. The number of alkyl halides is 2. The van der Waals surface area contributed by atoms with Crippen molar-refractivity contribution in [1.82, 2.24) is 5.32 Å². The van der Waals surface area contributed by atoms with Gasteiger partial charge in [-0.15, -0.1) is 11.3 Å². The molecular formula is C16H19F2NOS. The first-order chi connectivity index (χ1) is 9.95. The quantitative estimate of drug-likeness (QED) is 0.804. The van der Waals surface area contributed by atoms with E-state index >= 15 is 0 Å². The average molecular weight is 311 g/mol. The fourth-order valence-corrected chi connectivity index (χ4v) is 3.09. The summed E-state index contributed by atoms with van der Waals surface area (Å²) in [4.78, 5) is 2.54. The molecule has 0 aliphatic rings. The van der Waals surface area contributed by atoms with E-state index in [9.17, 15) is 8.78 Å². The molecule has 114 valence electrons. The zero-order valence-corrected chi connectivity index (χ0v) is 13.1. The van der Waals surface area contributed by atoms with E-state index in [1.54, 1.807) is 23.5 Å². The standard InChI is InChI=1S/C16H19F2NOS/c1-10-7-8-15(21-10)12(3)19-11(2)13-5-4-6-14(9-13)20-16(17)18/h4-9,11-12,16,19H,1-3H3. The van der Waals surface area contributed by atoms with Crippen molar-refractivity contribution in [2.45, 2.75) is 39.5 Å². The van der Waals surface area contributed by atoms with Gasteiger partial charge in [-0.25, -0.2) is 0 Å². The fraction of sp³-hybridized carbons (Fsp3) is 0.375. The molecule has 2 unspecified atom stereocenters. The van der Waals surface area contributed by atoms with Crippen molar-refractivity contribution in [3.05, 3.63) is 51.7 Å². The van der Waals surface area contributed by atoms with Gasteiger partial charge in [-0.05, 0) is 50.6 Å². The second kappa shape index (κ2) is 7.00. The lowest BCUT2D eigenvalue weighted by Gasteiger charge is -2.20. The summed E-state index contributed by atoms with van der Waals surface area (Å²) < 4.78 is 28.9. The molecule has 21 heavy (non-hydrogen) atoms. The van der Waals surface area contributed by atoms with Crippen LogP contribution in [0.15, 0.2) is 36.4 Å². The largest absolute Gasteiger partial charge is 0.435 e. The molecule has 0 aliphatic heterocycles. The minimum atomic E-state index is -2.79. The number of rotatable bonds is 6. The molecule has 0 amide bonds. The first kappa shape index (κ1) is 15.9. The molecule has 1 N–H and O–H groups in total. The van der Waals surface area contributed by atoms with E-state index in [1.165, 1.54) is 15.8 Å². The van der Waals surface area contributed by atoms with Gasteiger partial charge in [0.2, 0.25) is 0 Å². The summed E-state index contributed by atoms with van der Waals surface area (Å²) in [6, 6.07) is 11.3. The Balaban J connectivity index is 2.04. The van der Waals surface area contributed by atoms with Gasteiger partial charge in [0.15, 0.2) is 0 Å². The summed E-state index contributed by atoms with van der Waals surface area (Å²) in [5.74, 6) is 0.191. The maximum Gasteiger partial charge on any atom is 0.387 e. The topological polar surface area (TPSA) is 21.3 Å². The van der Waals surface area contributed by atoms with E-state index in [0.717, 1.165) is 5.56 Å². The van der Waals surface area contributed by atoms with Gasteiger partial charge in [-0.2, -0.15) is 8.78 Å². The van der Waals surface area contributed by atoms with Gasteiger partial charge in [-0.1, -0.05) is 12.1 Å². The van der Waals surface area contributed by atoms with E-state index in [4.69, 9.17) is 0 Å². The van der Waals surface area contributed by atoms with Crippen LogP contribution in [0.2, 0.25) is 0 Å². The number of hydrogen-bond donors (Lipinski definition) is 1. The van der Waals surface area contributed by atoms with Crippen molar-refractivity contribution < 1.29 is 13.5 Å². The van der Waals surface area contributed by atoms with Gasteiger partial charge in [0, 0.05) is 21.8 Å². The van der Waals surface area contributed by atoms with E-state index in [1.807, 2.05) is 13.0 Å². The third kappa shape index (κ3) is 4.51. The summed E-state index contributed by atoms with van der Waals surface area (Å²) in [6.45, 7) is 3.39. The summed E-state index contributed by atoms with van der Waals surface area (Å²) in [5, 5.41) is 3.47. The van der Waals surface area contributed by atoms with E-state index in [-0.39, 0.29) is 17.8 Å². The Morgan fingerprint density at radius 3 is 2.48 bits per heavy atom. The number of benzene rings is 1. The molecule has 2 atom stereocenters. The van der Waals surface area contributed by atoms with Crippen molar-refractivity contribution >= 4 is 11.3 Å². The highest BCUT2D eigenvalue weighted by atomic mass is 32.1. The number of ether oxygens (including phenoxy) is 1. The molecule has 0 spiro atoms. The predicted molar refractivity (Wildman–Crippen MR) is 82.1 cm³/mol. The Bertz CT molecular complexity index is 585. The van der Waals surface area contributed by atoms with Crippen LogP contribution in [0.4, 0.5) is 8.78 Å². The van der Waals surface area contributed by atoms with Gasteiger partial charge in [-0.3, -0.25) is 0 Å². The molecule has 1 aromatic heterocycles. The Kier molecular flexibility index (Phi) is 5.31. The Morgan fingerprint density at radius 1 is 1.10 bits per heavy atom. The SMILES string of the molecule is Cc1ccc(C(C)NC(C)c2cccc(OC(F)F)c2)s1. The van der Waals surface area contributed by atoms with Crippen LogP contribution in [0.1, 0.15) is 41.2 Å². The molecular weight excluding hydrogens is 292 g/mol. The first-order valence-electron chi connectivity index (χ1n) is 6.83. The molecule has 0 saturated carbocycles. The van der Waals surface area contributed by atoms with Crippen LogP contribution in [0.5, 0.6) is 5.75 Å². The molecule has 1 aromatic carbocycles. The Labute approximate surface area is 127 Å². The molecule has 0 fully saturated rings. The molecule has 0 saturated heterocycles. The molecule has 0 radical (unpaired) electrons. The number of hydrogen-bond acceptors (Lipinski definition) is 3. The molecule has 2 aromatic rings. The zero-order valence-electron chi connectivity index (χ0n) is 12.3. The molecule has 2 nitrogen and oxygen atoms in total. The van der Waals surface area contributed by atoms with Gasteiger partial charge < -0.3 is 10.1 Å². The number of halogens is 2. The van der Waals surface area contributed by atoms with Gasteiger partial charge in [0.05, 0.1) is 0 Å². The minimum Gasteiger partial charge on any atom is -0.435 e. The molecule has 2 rings (SSSR count). The Hall–Kier alpha value is -1.46. The van der Waals surface area contributed by atoms with Crippen molar-refractivity contribution in [2.24, 2.45) is 0 Å². The van der Waals surface area contributed by atoms with E-state index in [0.29, 0.717) is 0 Å².